The Morgan fingerprint density at radius 2 is 2.00 bits per heavy atom. The van der Waals surface area contributed by atoms with Crippen LogP contribution in [0.15, 0.2) is 41.8 Å². The number of ether oxygens (including phenoxy) is 1. The highest BCUT2D eigenvalue weighted by molar-refractivity contribution is 7.13. The molecule has 2 aromatic rings. The van der Waals surface area contributed by atoms with E-state index < -0.39 is 5.97 Å². The fourth-order valence-electron chi connectivity index (χ4n) is 1.65. The third-order valence-electron chi connectivity index (χ3n) is 2.58. The molecule has 0 spiro atoms. The summed E-state index contributed by atoms with van der Waals surface area (Å²) in [7, 11) is 1.29. The van der Waals surface area contributed by atoms with E-state index in [1.165, 1.54) is 7.11 Å². The maximum absolute atomic E-state index is 12.1. The first-order chi connectivity index (χ1) is 9.22. The van der Waals surface area contributed by atoms with Gasteiger partial charge in [0.25, 0.3) is 5.91 Å². The van der Waals surface area contributed by atoms with E-state index in [-0.39, 0.29) is 12.5 Å². The van der Waals surface area contributed by atoms with Crippen molar-refractivity contribution < 1.29 is 14.3 Å². The summed E-state index contributed by atoms with van der Waals surface area (Å²) in [5.41, 5.74) is 1.41. The number of rotatable bonds is 4. The number of esters is 1. The van der Waals surface area contributed by atoms with Crippen LogP contribution in [0, 0.1) is 0 Å². The molecule has 2 rings (SSSR count). The second-order valence-corrected chi connectivity index (χ2v) is 4.73. The molecule has 0 fully saturated rings. The number of hydrogen-bond donors (Lipinski definition) is 1. The van der Waals surface area contributed by atoms with Gasteiger partial charge in [-0.15, -0.1) is 11.3 Å². The SMILES string of the molecule is COC(=O)CNC(=O)c1ccccc1-c1cccs1. The van der Waals surface area contributed by atoms with Gasteiger partial charge in [-0.2, -0.15) is 0 Å². The molecule has 0 saturated heterocycles. The molecule has 1 aromatic heterocycles. The summed E-state index contributed by atoms with van der Waals surface area (Å²) >= 11 is 1.56. The van der Waals surface area contributed by atoms with Gasteiger partial charge in [0.1, 0.15) is 6.54 Å². The Morgan fingerprint density at radius 3 is 2.68 bits per heavy atom. The molecule has 5 heteroatoms. The van der Waals surface area contributed by atoms with Gasteiger partial charge in [0.15, 0.2) is 0 Å². The molecule has 0 bridgehead atoms. The second kappa shape index (κ2) is 6.15. The third-order valence-corrected chi connectivity index (χ3v) is 3.48. The molecule has 1 aromatic carbocycles. The molecule has 1 heterocycles. The first kappa shape index (κ1) is 13.3. The summed E-state index contributed by atoms with van der Waals surface area (Å²) in [5.74, 6) is -0.753. The fraction of sp³-hybridized carbons (Fsp3) is 0.143. The van der Waals surface area contributed by atoms with Crippen LogP contribution in [0.5, 0.6) is 0 Å². The van der Waals surface area contributed by atoms with Crippen LogP contribution < -0.4 is 5.32 Å². The van der Waals surface area contributed by atoms with Gasteiger partial charge in [0.2, 0.25) is 0 Å². The maximum Gasteiger partial charge on any atom is 0.325 e. The van der Waals surface area contributed by atoms with Crippen LogP contribution in [0.2, 0.25) is 0 Å². The summed E-state index contributed by atoms with van der Waals surface area (Å²) in [6.07, 6.45) is 0. The largest absolute Gasteiger partial charge is 0.468 e. The maximum atomic E-state index is 12.1. The van der Waals surface area contributed by atoms with Gasteiger partial charge in [0.05, 0.1) is 7.11 Å². The smallest absolute Gasteiger partial charge is 0.325 e. The van der Waals surface area contributed by atoms with Crippen LogP contribution in [0.25, 0.3) is 10.4 Å². The Morgan fingerprint density at radius 1 is 1.21 bits per heavy atom. The molecule has 1 amide bonds. The number of amides is 1. The van der Waals surface area contributed by atoms with Crippen molar-refractivity contribution >= 4 is 23.2 Å². The molecule has 0 atom stereocenters. The van der Waals surface area contributed by atoms with Crippen molar-refractivity contribution in [1.29, 1.82) is 0 Å². The first-order valence-corrected chi connectivity index (χ1v) is 6.58. The quantitative estimate of drug-likeness (QED) is 0.871. The molecule has 4 nitrogen and oxygen atoms in total. The van der Waals surface area contributed by atoms with Crippen molar-refractivity contribution in [3.63, 3.8) is 0 Å². The van der Waals surface area contributed by atoms with Crippen LogP contribution in [-0.2, 0) is 9.53 Å². The van der Waals surface area contributed by atoms with Gasteiger partial charge in [-0.05, 0) is 17.5 Å². The number of thiophene rings is 1. The van der Waals surface area contributed by atoms with Crippen molar-refractivity contribution in [1.82, 2.24) is 5.32 Å². The summed E-state index contributed by atoms with van der Waals surface area (Å²) in [6, 6.07) is 11.2. The van der Waals surface area contributed by atoms with E-state index in [9.17, 15) is 9.59 Å². The van der Waals surface area contributed by atoms with Gasteiger partial charge in [-0.3, -0.25) is 9.59 Å². The molecule has 0 aliphatic rings. The van der Waals surface area contributed by atoms with Gasteiger partial charge in [0, 0.05) is 16.0 Å². The van der Waals surface area contributed by atoms with E-state index in [4.69, 9.17) is 0 Å². The minimum atomic E-state index is -0.470. The molecule has 0 radical (unpaired) electrons. The molecule has 0 unspecified atom stereocenters. The summed E-state index contributed by atoms with van der Waals surface area (Å²) in [6.45, 7) is -0.131. The topological polar surface area (TPSA) is 55.4 Å². The highest BCUT2D eigenvalue weighted by Crippen LogP contribution is 2.27. The zero-order valence-electron chi connectivity index (χ0n) is 10.4. The highest BCUT2D eigenvalue weighted by atomic mass is 32.1. The monoisotopic (exact) mass is 275 g/mol. The van der Waals surface area contributed by atoms with E-state index >= 15 is 0 Å². The molecule has 1 N–H and O–H groups in total. The molecule has 0 saturated carbocycles. The Labute approximate surface area is 115 Å². The average molecular weight is 275 g/mol. The van der Waals surface area contributed by atoms with E-state index in [1.54, 1.807) is 23.5 Å². The van der Waals surface area contributed by atoms with E-state index in [0.29, 0.717) is 5.56 Å². The van der Waals surface area contributed by atoms with Crippen molar-refractivity contribution in [2.24, 2.45) is 0 Å². The zero-order chi connectivity index (χ0) is 13.7. The predicted octanol–water partition coefficient (Wildman–Crippen LogP) is 2.32. The third kappa shape index (κ3) is 3.20. The van der Waals surface area contributed by atoms with Crippen molar-refractivity contribution in [3.05, 3.63) is 47.3 Å². The van der Waals surface area contributed by atoms with Crippen LogP contribution in [0.4, 0.5) is 0 Å². The zero-order valence-corrected chi connectivity index (χ0v) is 11.2. The Hall–Kier alpha value is -2.14. The number of nitrogens with one attached hydrogen (secondary N) is 1. The minimum absolute atomic E-state index is 0.131. The lowest BCUT2D eigenvalue weighted by molar-refractivity contribution is -0.139. The lowest BCUT2D eigenvalue weighted by Crippen LogP contribution is -2.30. The number of methoxy groups -OCH3 is 1. The van der Waals surface area contributed by atoms with Crippen LogP contribution in [0.1, 0.15) is 10.4 Å². The second-order valence-electron chi connectivity index (χ2n) is 3.78. The molecular weight excluding hydrogens is 262 g/mol. The number of hydrogen-bond acceptors (Lipinski definition) is 4. The number of carbonyl (C=O) groups is 2. The van der Waals surface area contributed by atoms with Crippen LogP contribution in [0.3, 0.4) is 0 Å². The van der Waals surface area contributed by atoms with Crippen LogP contribution >= 0.6 is 11.3 Å². The van der Waals surface area contributed by atoms with Gasteiger partial charge in [-0.25, -0.2) is 0 Å². The van der Waals surface area contributed by atoms with Crippen LogP contribution in [-0.4, -0.2) is 25.5 Å². The number of benzene rings is 1. The Balaban J connectivity index is 2.20. The van der Waals surface area contributed by atoms with Gasteiger partial charge in [-0.1, -0.05) is 24.3 Å². The fourth-order valence-corrected chi connectivity index (χ4v) is 2.41. The average Bonchev–Trinajstić information content (AvgIpc) is 2.98. The lowest BCUT2D eigenvalue weighted by atomic mass is 10.1. The van der Waals surface area contributed by atoms with Gasteiger partial charge >= 0.3 is 5.97 Å². The molecule has 0 aliphatic heterocycles. The van der Waals surface area contributed by atoms with Crippen molar-refractivity contribution in [3.8, 4) is 10.4 Å². The minimum Gasteiger partial charge on any atom is -0.468 e. The van der Waals surface area contributed by atoms with Crippen molar-refractivity contribution in [2.45, 2.75) is 0 Å². The molecule has 0 aliphatic carbocycles. The first-order valence-electron chi connectivity index (χ1n) is 5.70. The standard InChI is InChI=1S/C14H13NO3S/c1-18-13(16)9-15-14(17)11-6-3-2-5-10(11)12-7-4-8-19-12/h2-8H,9H2,1H3,(H,15,17). The number of carbonyl (C=O) groups excluding carboxylic acids is 2. The summed E-state index contributed by atoms with van der Waals surface area (Å²) in [5, 5.41) is 4.50. The Bertz CT molecular complexity index is 578. The summed E-state index contributed by atoms with van der Waals surface area (Å²) < 4.78 is 4.49. The molecule has 19 heavy (non-hydrogen) atoms. The van der Waals surface area contributed by atoms with E-state index in [0.717, 1.165) is 10.4 Å². The highest BCUT2D eigenvalue weighted by Gasteiger charge is 2.13. The molecular formula is C14H13NO3S. The van der Waals surface area contributed by atoms with E-state index in [1.807, 2.05) is 29.6 Å². The molecule has 98 valence electrons. The van der Waals surface area contributed by atoms with E-state index in [2.05, 4.69) is 10.1 Å². The summed E-state index contributed by atoms with van der Waals surface area (Å²) in [4.78, 5) is 24.1. The van der Waals surface area contributed by atoms with Gasteiger partial charge < -0.3 is 10.1 Å². The van der Waals surface area contributed by atoms with Crippen molar-refractivity contribution in [2.75, 3.05) is 13.7 Å². The predicted molar refractivity (Wildman–Crippen MR) is 74.1 cm³/mol. The normalized spacial score (nSPS) is 9.95. The lowest BCUT2D eigenvalue weighted by Gasteiger charge is -2.08. The Kier molecular flexibility index (Phi) is 4.30.